The molecular weight excluding hydrogens is 438 g/mol. The summed E-state index contributed by atoms with van der Waals surface area (Å²) in [6, 6.07) is 14.2. The summed E-state index contributed by atoms with van der Waals surface area (Å²) in [7, 11) is -2.21. The lowest BCUT2D eigenvalue weighted by Gasteiger charge is -2.18. The highest BCUT2D eigenvalue weighted by molar-refractivity contribution is 7.91. The highest BCUT2D eigenvalue weighted by Crippen LogP contribution is 2.41. The summed E-state index contributed by atoms with van der Waals surface area (Å²) >= 11 is 0. The maximum Gasteiger partial charge on any atom is 0.249 e. The number of aromatic amines is 1. The van der Waals surface area contributed by atoms with Gasteiger partial charge in [0.15, 0.2) is 0 Å². The molecule has 0 saturated heterocycles. The number of anilines is 2. The Balaban J connectivity index is 1.58. The predicted molar refractivity (Wildman–Crippen MR) is 125 cm³/mol. The molecule has 0 unspecified atom stereocenters. The zero-order valence-corrected chi connectivity index (χ0v) is 19.1. The second kappa shape index (κ2) is 8.32. The van der Waals surface area contributed by atoms with Gasteiger partial charge in [-0.3, -0.25) is 0 Å². The summed E-state index contributed by atoms with van der Waals surface area (Å²) in [6.45, 7) is 2.06. The molecule has 0 bridgehead atoms. The van der Waals surface area contributed by atoms with E-state index < -0.39 is 9.84 Å². The van der Waals surface area contributed by atoms with Gasteiger partial charge in [0, 0.05) is 17.8 Å². The van der Waals surface area contributed by atoms with E-state index in [0.717, 1.165) is 41.6 Å². The van der Waals surface area contributed by atoms with Crippen LogP contribution in [0.2, 0.25) is 0 Å². The largest absolute Gasteiger partial charge is 0.481 e. The molecule has 9 heteroatoms. The number of nitrogens with one attached hydrogen (secondary N) is 2. The molecule has 0 radical (unpaired) electrons. The molecule has 168 valence electrons. The van der Waals surface area contributed by atoms with Crippen LogP contribution in [-0.2, 0) is 22.7 Å². The zero-order valence-electron chi connectivity index (χ0n) is 18.3. The molecule has 0 saturated carbocycles. The molecule has 4 aromatic rings. The highest BCUT2D eigenvalue weighted by Gasteiger charge is 2.25. The molecule has 1 aliphatic rings. The summed E-state index contributed by atoms with van der Waals surface area (Å²) < 4.78 is 31.2. The van der Waals surface area contributed by atoms with Crippen molar-refractivity contribution in [1.82, 2.24) is 20.2 Å². The van der Waals surface area contributed by atoms with Crippen molar-refractivity contribution < 1.29 is 13.2 Å². The van der Waals surface area contributed by atoms with Crippen molar-refractivity contribution >= 4 is 21.5 Å². The Morgan fingerprint density at radius 1 is 1.09 bits per heavy atom. The van der Waals surface area contributed by atoms with Gasteiger partial charge in [-0.15, -0.1) is 5.10 Å². The first kappa shape index (κ1) is 21.1. The van der Waals surface area contributed by atoms with E-state index in [0.29, 0.717) is 5.88 Å². The number of sulfone groups is 1. The van der Waals surface area contributed by atoms with Gasteiger partial charge in [0.2, 0.25) is 26.8 Å². The van der Waals surface area contributed by atoms with Gasteiger partial charge in [0.05, 0.1) is 17.7 Å². The molecule has 2 N–H and O–H groups in total. The number of aromatic nitrogens is 4. The third-order valence-electron chi connectivity index (χ3n) is 5.84. The fourth-order valence-corrected chi connectivity index (χ4v) is 5.44. The summed E-state index contributed by atoms with van der Waals surface area (Å²) in [4.78, 5) is 8.65. The van der Waals surface area contributed by atoms with Gasteiger partial charge in [-0.25, -0.2) is 18.5 Å². The van der Waals surface area contributed by atoms with Crippen LogP contribution in [0.1, 0.15) is 23.1 Å². The molecule has 2 heterocycles. The molecule has 0 amide bonds. The quantitative estimate of drug-likeness (QED) is 0.442. The number of hydrogen-bond donors (Lipinski definition) is 2. The number of nitrogens with zero attached hydrogens (tertiary/aromatic N) is 3. The zero-order chi connectivity index (χ0) is 23.0. The third kappa shape index (κ3) is 3.84. The number of benzene rings is 2. The van der Waals surface area contributed by atoms with Gasteiger partial charge < -0.3 is 10.1 Å². The third-order valence-corrected chi connectivity index (χ3v) is 7.42. The van der Waals surface area contributed by atoms with Crippen molar-refractivity contribution in [3.63, 3.8) is 0 Å². The first-order valence-electron chi connectivity index (χ1n) is 10.6. The van der Waals surface area contributed by atoms with E-state index in [1.807, 2.05) is 12.1 Å². The monoisotopic (exact) mass is 461 g/mol. The van der Waals surface area contributed by atoms with Crippen molar-refractivity contribution in [2.45, 2.75) is 36.2 Å². The van der Waals surface area contributed by atoms with Gasteiger partial charge in [0.1, 0.15) is 0 Å². The summed E-state index contributed by atoms with van der Waals surface area (Å²) in [6.07, 6.45) is 4.70. The Morgan fingerprint density at radius 3 is 2.70 bits per heavy atom. The maximum atomic E-state index is 12.9. The number of rotatable bonds is 6. The van der Waals surface area contributed by atoms with E-state index in [1.165, 1.54) is 23.3 Å². The van der Waals surface area contributed by atoms with Crippen molar-refractivity contribution in [3.05, 3.63) is 71.4 Å². The minimum Gasteiger partial charge on any atom is -0.481 e. The van der Waals surface area contributed by atoms with Gasteiger partial charge in [0.25, 0.3) is 0 Å². The predicted octanol–water partition coefficient (Wildman–Crippen LogP) is 4.25. The molecule has 5 rings (SSSR count). The average Bonchev–Trinajstić information content (AvgIpc) is 3.50. The second-order valence-corrected chi connectivity index (χ2v) is 9.79. The number of H-pyrrole nitrogens is 1. The van der Waals surface area contributed by atoms with Crippen LogP contribution in [-0.4, -0.2) is 35.7 Å². The number of aryl methyl sites for hydroxylation is 2. The average molecular weight is 462 g/mol. The van der Waals surface area contributed by atoms with E-state index >= 15 is 0 Å². The molecular formula is C24H23N5O3S. The first-order valence-corrected chi connectivity index (χ1v) is 12.1. The molecule has 0 atom stereocenters. The van der Waals surface area contributed by atoms with Crippen molar-refractivity contribution in [2.75, 3.05) is 12.4 Å². The SMILES string of the molecule is COc1cc(-c2c(C)cc3c(c2Nc2n[nH]c(S(=O)(=O)c4ccccc4)n2)CCC3)ccn1. The van der Waals surface area contributed by atoms with Crippen molar-refractivity contribution in [3.8, 4) is 17.0 Å². The van der Waals surface area contributed by atoms with Gasteiger partial charge in [-0.1, -0.05) is 24.3 Å². The lowest BCUT2D eigenvalue weighted by molar-refractivity contribution is 0.398. The normalized spacial score (nSPS) is 13.0. The smallest absolute Gasteiger partial charge is 0.249 e. The van der Waals surface area contributed by atoms with E-state index in [1.54, 1.807) is 31.5 Å². The summed E-state index contributed by atoms with van der Waals surface area (Å²) in [5.74, 6) is 0.721. The minimum absolute atomic E-state index is 0.161. The van der Waals surface area contributed by atoms with Crippen LogP contribution in [0.3, 0.4) is 0 Å². The van der Waals surface area contributed by atoms with E-state index in [2.05, 4.69) is 38.5 Å². The van der Waals surface area contributed by atoms with Crippen LogP contribution in [0.5, 0.6) is 5.88 Å². The van der Waals surface area contributed by atoms with Crippen LogP contribution in [0.15, 0.2) is 64.8 Å². The molecule has 33 heavy (non-hydrogen) atoms. The van der Waals surface area contributed by atoms with Crippen LogP contribution in [0.4, 0.5) is 11.6 Å². The number of methoxy groups -OCH3 is 1. The minimum atomic E-state index is -3.80. The highest BCUT2D eigenvalue weighted by atomic mass is 32.2. The molecule has 0 fully saturated rings. The van der Waals surface area contributed by atoms with Crippen LogP contribution < -0.4 is 10.1 Å². The lowest BCUT2D eigenvalue weighted by Crippen LogP contribution is -2.05. The second-order valence-electron chi connectivity index (χ2n) is 7.93. The number of ether oxygens (including phenoxy) is 1. The van der Waals surface area contributed by atoms with Gasteiger partial charge in [-0.2, -0.15) is 4.98 Å². The Kier molecular flexibility index (Phi) is 5.33. The number of pyridine rings is 1. The van der Waals surface area contributed by atoms with Crippen LogP contribution >= 0.6 is 0 Å². The molecule has 2 aromatic heterocycles. The van der Waals surface area contributed by atoms with Crippen LogP contribution in [0, 0.1) is 6.92 Å². The van der Waals surface area contributed by atoms with E-state index in [-0.39, 0.29) is 16.0 Å². The topological polar surface area (TPSA) is 110 Å². The van der Waals surface area contributed by atoms with Gasteiger partial charge >= 0.3 is 0 Å². The number of fused-ring (bicyclic) bond motifs is 1. The fraction of sp³-hybridized carbons (Fsp3) is 0.208. The Morgan fingerprint density at radius 2 is 1.91 bits per heavy atom. The molecule has 0 aliphatic heterocycles. The molecule has 1 aliphatic carbocycles. The maximum absolute atomic E-state index is 12.9. The Hall–Kier alpha value is -3.72. The molecule has 0 spiro atoms. The van der Waals surface area contributed by atoms with Crippen molar-refractivity contribution in [2.24, 2.45) is 0 Å². The van der Waals surface area contributed by atoms with Gasteiger partial charge in [-0.05, 0) is 66.6 Å². The summed E-state index contributed by atoms with van der Waals surface area (Å²) in [5.41, 5.74) is 6.41. The van der Waals surface area contributed by atoms with Crippen molar-refractivity contribution in [1.29, 1.82) is 0 Å². The Bertz CT molecular complexity index is 1430. The fourth-order valence-electron chi connectivity index (χ4n) is 4.33. The molecule has 2 aromatic carbocycles. The molecule has 8 nitrogen and oxygen atoms in total. The first-order chi connectivity index (χ1) is 16.0. The lowest BCUT2D eigenvalue weighted by atomic mass is 9.93. The Labute approximate surface area is 192 Å². The van der Waals surface area contributed by atoms with Crippen LogP contribution in [0.25, 0.3) is 11.1 Å². The van der Waals surface area contributed by atoms with E-state index in [9.17, 15) is 8.42 Å². The number of hydrogen-bond acceptors (Lipinski definition) is 7. The van der Waals surface area contributed by atoms with E-state index in [4.69, 9.17) is 4.74 Å². The standard InChI is InChI=1S/C24H23N5O3S/c1-15-13-16-7-6-10-19(16)22(21(15)17-11-12-25-20(14-17)32-2)26-23-27-24(29-28-23)33(30,31)18-8-4-3-5-9-18/h3-5,8-9,11-14H,6-7,10H2,1-2H3,(H2,26,27,28,29). The summed E-state index contributed by atoms with van der Waals surface area (Å²) in [5, 5.41) is 9.86.